The van der Waals surface area contributed by atoms with Crippen LogP contribution in [0.2, 0.25) is 5.02 Å². The van der Waals surface area contributed by atoms with E-state index >= 15 is 0 Å². The molecule has 148 valence electrons. The van der Waals surface area contributed by atoms with Crippen LogP contribution >= 0.6 is 11.6 Å². The number of esters is 1. The lowest BCUT2D eigenvalue weighted by atomic mass is 10.1. The van der Waals surface area contributed by atoms with Crippen LogP contribution in [0.25, 0.3) is 0 Å². The van der Waals surface area contributed by atoms with Crippen LogP contribution in [0.1, 0.15) is 37.0 Å². The smallest absolute Gasteiger partial charge is 0.338 e. The molecule has 1 aliphatic rings. The zero-order chi connectivity index (χ0) is 19.8. The van der Waals surface area contributed by atoms with Gasteiger partial charge in [0, 0.05) is 13.0 Å². The van der Waals surface area contributed by atoms with E-state index in [1.165, 1.54) is 12.1 Å². The second kappa shape index (κ2) is 10.0. The van der Waals surface area contributed by atoms with Crippen LogP contribution in [0.15, 0.2) is 12.1 Å². The van der Waals surface area contributed by atoms with Crippen LogP contribution in [0.4, 0.5) is 4.79 Å². The van der Waals surface area contributed by atoms with Crippen molar-refractivity contribution in [3.8, 4) is 11.5 Å². The SMILES string of the molecule is CC(C)CCNC(=O)NC(=O)COC(=O)c1cc(Cl)c2c(c1)OCCCO2. The Kier molecular flexibility index (Phi) is 7.72. The summed E-state index contributed by atoms with van der Waals surface area (Å²) in [6.45, 7) is 4.81. The number of amides is 3. The Labute approximate surface area is 162 Å². The second-order valence-electron chi connectivity index (χ2n) is 6.40. The van der Waals surface area contributed by atoms with Crippen LogP contribution in [0.3, 0.4) is 0 Å². The van der Waals surface area contributed by atoms with Gasteiger partial charge in [0.25, 0.3) is 5.91 Å². The third-order valence-corrected chi connectivity index (χ3v) is 3.91. The molecule has 0 bridgehead atoms. The Morgan fingerprint density at radius 3 is 2.70 bits per heavy atom. The van der Waals surface area contributed by atoms with Crippen LogP contribution in [0, 0.1) is 5.92 Å². The summed E-state index contributed by atoms with van der Waals surface area (Å²) in [6, 6.07) is 2.20. The molecule has 0 unspecified atom stereocenters. The highest BCUT2D eigenvalue weighted by molar-refractivity contribution is 6.32. The van der Waals surface area contributed by atoms with Gasteiger partial charge >= 0.3 is 12.0 Å². The average Bonchev–Trinajstić information content (AvgIpc) is 2.85. The van der Waals surface area contributed by atoms with Gasteiger partial charge in [-0.3, -0.25) is 10.1 Å². The van der Waals surface area contributed by atoms with Crippen molar-refractivity contribution in [3.63, 3.8) is 0 Å². The van der Waals surface area contributed by atoms with Crippen LogP contribution in [-0.4, -0.2) is 44.3 Å². The molecule has 1 heterocycles. The van der Waals surface area contributed by atoms with Gasteiger partial charge in [-0.15, -0.1) is 0 Å². The summed E-state index contributed by atoms with van der Waals surface area (Å²) >= 11 is 6.12. The zero-order valence-corrected chi connectivity index (χ0v) is 16.1. The third-order valence-electron chi connectivity index (χ3n) is 3.63. The molecule has 0 saturated heterocycles. The van der Waals surface area contributed by atoms with E-state index in [0.717, 1.165) is 6.42 Å². The lowest BCUT2D eigenvalue weighted by molar-refractivity contribution is -0.123. The van der Waals surface area contributed by atoms with Gasteiger partial charge in [-0.1, -0.05) is 25.4 Å². The van der Waals surface area contributed by atoms with E-state index in [-0.39, 0.29) is 10.6 Å². The van der Waals surface area contributed by atoms with E-state index in [2.05, 4.69) is 10.6 Å². The number of carbonyl (C=O) groups is 3. The monoisotopic (exact) mass is 398 g/mol. The number of imide groups is 1. The Balaban J connectivity index is 1.85. The minimum absolute atomic E-state index is 0.124. The normalized spacial score (nSPS) is 12.9. The van der Waals surface area contributed by atoms with Gasteiger partial charge in [0.15, 0.2) is 18.1 Å². The molecule has 0 radical (unpaired) electrons. The van der Waals surface area contributed by atoms with Crippen molar-refractivity contribution in [1.82, 2.24) is 10.6 Å². The maximum Gasteiger partial charge on any atom is 0.338 e. The maximum absolute atomic E-state index is 12.1. The molecule has 0 aromatic heterocycles. The van der Waals surface area contributed by atoms with Gasteiger partial charge in [0.2, 0.25) is 0 Å². The van der Waals surface area contributed by atoms with Crippen LogP contribution in [0.5, 0.6) is 11.5 Å². The topological polar surface area (TPSA) is 103 Å². The Morgan fingerprint density at radius 1 is 1.22 bits per heavy atom. The van der Waals surface area contributed by atoms with Gasteiger partial charge in [-0.2, -0.15) is 0 Å². The van der Waals surface area contributed by atoms with Gasteiger partial charge in [0.05, 0.1) is 23.8 Å². The van der Waals surface area contributed by atoms with Crippen molar-refractivity contribution in [2.45, 2.75) is 26.7 Å². The summed E-state index contributed by atoms with van der Waals surface area (Å²) in [4.78, 5) is 35.4. The first kappa shape index (κ1) is 20.8. The summed E-state index contributed by atoms with van der Waals surface area (Å²) in [5.74, 6) is -0.333. The fraction of sp³-hybridized carbons (Fsp3) is 0.500. The molecule has 27 heavy (non-hydrogen) atoms. The first-order valence-electron chi connectivity index (χ1n) is 8.70. The predicted octanol–water partition coefficient (Wildman–Crippen LogP) is 2.53. The molecule has 2 rings (SSSR count). The Hall–Kier alpha value is -2.48. The number of hydrogen-bond donors (Lipinski definition) is 2. The summed E-state index contributed by atoms with van der Waals surface area (Å²) in [5.41, 5.74) is 0.124. The fourth-order valence-electron chi connectivity index (χ4n) is 2.24. The molecule has 3 amide bonds. The number of hydrogen-bond acceptors (Lipinski definition) is 6. The molecule has 1 aromatic rings. The van der Waals surface area contributed by atoms with Crippen LogP contribution in [-0.2, 0) is 9.53 Å². The molecule has 0 aliphatic carbocycles. The number of halogens is 1. The van der Waals surface area contributed by atoms with Gasteiger partial charge < -0.3 is 19.5 Å². The highest BCUT2D eigenvalue weighted by Crippen LogP contribution is 2.38. The first-order valence-corrected chi connectivity index (χ1v) is 9.08. The fourth-order valence-corrected chi connectivity index (χ4v) is 2.51. The number of carbonyl (C=O) groups excluding carboxylic acids is 3. The molecule has 1 aromatic carbocycles. The lowest BCUT2D eigenvalue weighted by Gasteiger charge is -2.11. The van der Waals surface area contributed by atoms with E-state index in [9.17, 15) is 14.4 Å². The second-order valence-corrected chi connectivity index (χ2v) is 6.81. The number of fused-ring (bicyclic) bond motifs is 1. The van der Waals surface area contributed by atoms with E-state index in [1.54, 1.807) is 0 Å². The quantitative estimate of drug-likeness (QED) is 0.714. The van der Waals surface area contributed by atoms with E-state index < -0.39 is 24.5 Å². The highest BCUT2D eigenvalue weighted by atomic mass is 35.5. The molecule has 2 N–H and O–H groups in total. The molecule has 0 saturated carbocycles. The first-order chi connectivity index (χ1) is 12.9. The van der Waals surface area contributed by atoms with E-state index in [1.807, 2.05) is 13.8 Å². The standard InChI is InChI=1S/C18H23ClN2O6/c1-11(2)4-5-20-18(24)21-15(22)10-27-17(23)12-8-13(19)16-14(9-12)25-6-3-7-26-16/h8-9,11H,3-7,10H2,1-2H3,(H2,20,21,22,24). The predicted molar refractivity (Wildman–Crippen MR) is 98.3 cm³/mol. The van der Waals surface area contributed by atoms with Gasteiger partial charge in [-0.25, -0.2) is 9.59 Å². The Bertz CT molecular complexity index is 707. The molecule has 0 fully saturated rings. The van der Waals surface area contributed by atoms with Crippen molar-refractivity contribution < 1.29 is 28.6 Å². The van der Waals surface area contributed by atoms with E-state index in [0.29, 0.717) is 43.6 Å². The van der Waals surface area contributed by atoms with Crippen molar-refractivity contribution >= 4 is 29.5 Å². The number of benzene rings is 1. The summed E-state index contributed by atoms with van der Waals surface area (Å²) in [7, 11) is 0. The summed E-state index contributed by atoms with van der Waals surface area (Å²) in [5, 5.41) is 4.86. The average molecular weight is 399 g/mol. The molecular formula is C18H23ClN2O6. The molecule has 0 spiro atoms. The molecule has 9 heteroatoms. The number of rotatable bonds is 6. The van der Waals surface area contributed by atoms with Gasteiger partial charge in [-0.05, 0) is 24.5 Å². The zero-order valence-electron chi connectivity index (χ0n) is 15.3. The molecule has 0 atom stereocenters. The van der Waals surface area contributed by atoms with Crippen molar-refractivity contribution in [1.29, 1.82) is 0 Å². The van der Waals surface area contributed by atoms with Crippen molar-refractivity contribution in [2.24, 2.45) is 5.92 Å². The third kappa shape index (κ3) is 6.63. The highest BCUT2D eigenvalue weighted by Gasteiger charge is 2.20. The van der Waals surface area contributed by atoms with E-state index in [4.69, 9.17) is 25.8 Å². The number of urea groups is 1. The maximum atomic E-state index is 12.1. The van der Waals surface area contributed by atoms with Crippen molar-refractivity contribution in [2.75, 3.05) is 26.4 Å². The molecule has 1 aliphatic heterocycles. The summed E-state index contributed by atoms with van der Waals surface area (Å²) in [6.07, 6.45) is 1.49. The molecule has 8 nitrogen and oxygen atoms in total. The number of ether oxygens (including phenoxy) is 3. The number of nitrogens with one attached hydrogen (secondary N) is 2. The summed E-state index contributed by atoms with van der Waals surface area (Å²) < 4.78 is 15.9. The van der Waals surface area contributed by atoms with Crippen LogP contribution < -0.4 is 20.1 Å². The lowest BCUT2D eigenvalue weighted by Crippen LogP contribution is -2.41. The van der Waals surface area contributed by atoms with Crippen molar-refractivity contribution in [3.05, 3.63) is 22.7 Å². The minimum Gasteiger partial charge on any atom is -0.489 e. The van der Waals surface area contributed by atoms with Gasteiger partial charge in [0.1, 0.15) is 0 Å². The molecular weight excluding hydrogens is 376 g/mol. The minimum atomic E-state index is -0.761. The largest absolute Gasteiger partial charge is 0.489 e. The Morgan fingerprint density at radius 2 is 1.96 bits per heavy atom.